The Morgan fingerprint density at radius 3 is 2.64 bits per heavy atom. The fourth-order valence-electron chi connectivity index (χ4n) is 1.34. The topological polar surface area (TPSA) is 46.3 Å². The zero-order valence-electron chi connectivity index (χ0n) is 8.41. The Balaban J connectivity index is 2.28. The second-order valence-electron chi connectivity index (χ2n) is 3.90. The van der Waals surface area contributed by atoms with Gasteiger partial charge in [0.15, 0.2) is 5.78 Å². The maximum Gasteiger partial charge on any atom is 0.178 e. The molecular formula is C10H14N2OS. The lowest BCUT2D eigenvalue weighted by molar-refractivity contribution is 0.0972. The maximum atomic E-state index is 11.8. The third-order valence-corrected chi connectivity index (χ3v) is 3.69. The first-order valence-corrected chi connectivity index (χ1v) is 5.52. The van der Waals surface area contributed by atoms with Crippen LogP contribution in [0.15, 0.2) is 6.07 Å². The molecule has 0 aromatic carbocycles. The highest BCUT2D eigenvalue weighted by atomic mass is 32.1. The van der Waals surface area contributed by atoms with Gasteiger partial charge in [-0.2, -0.15) is 0 Å². The summed E-state index contributed by atoms with van der Waals surface area (Å²) in [7, 11) is 3.91. The highest BCUT2D eigenvalue weighted by Gasteiger charge is 2.32. The first-order valence-electron chi connectivity index (χ1n) is 4.70. The van der Waals surface area contributed by atoms with Crippen molar-refractivity contribution in [1.82, 2.24) is 0 Å². The molecule has 1 saturated carbocycles. The second-order valence-corrected chi connectivity index (χ2v) is 4.93. The van der Waals surface area contributed by atoms with E-state index in [4.69, 9.17) is 5.73 Å². The predicted molar refractivity (Wildman–Crippen MR) is 60.1 cm³/mol. The van der Waals surface area contributed by atoms with Gasteiger partial charge in [-0.05, 0) is 18.9 Å². The van der Waals surface area contributed by atoms with Gasteiger partial charge >= 0.3 is 0 Å². The Hall–Kier alpha value is -1.03. The molecule has 1 aliphatic carbocycles. The van der Waals surface area contributed by atoms with Gasteiger partial charge in [-0.3, -0.25) is 4.79 Å². The van der Waals surface area contributed by atoms with Gasteiger partial charge in [0.25, 0.3) is 0 Å². The summed E-state index contributed by atoms with van der Waals surface area (Å²) in [4.78, 5) is 14.5. The smallest absolute Gasteiger partial charge is 0.178 e. The highest BCUT2D eigenvalue weighted by molar-refractivity contribution is 7.18. The molecule has 0 saturated heterocycles. The molecule has 2 N–H and O–H groups in total. The number of rotatable bonds is 3. The Morgan fingerprint density at radius 1 is 1.57 bits per heavy atom. The molecule has 1 aromatic rings. The van der Waals surface area contributed by atoms with Gasteiger partial charge in [-0.15, -0.1) is 11.3 Å². The van der Waals surface area contributed by atoms with Gasteiger partial charge in [-0.25, -0.2) is 0 Å². The lowest BCUT2D eigenvalue weighted by atomic mass is 10.2. The molecule has 76 valence electrons. The first-order chi connectivity index (χ1) is 6.59. The van der Waals surface area contributed by atoms with Gasteiger partial charge in [-0.1, -0.05) is 0 Å². The number of nitrogen functional groups attached to an aromatic ring is 1. The van der Waals surface area contributed by atoms with Crippen LogP contribution in [0.25, 0.3) is 0 Å². The number of nitrogens with two attached hydrogens (primary N) is 1. The molecule has 0 bridgehead atoms. The van der Waals surface area contributed by atoms with Crippen molar-refractivity contribution in [1.29, 1.82) is 0 Å². The van der Waals surface area contributed by atoms with Crippen LogP contribution in [0.5, 0.6) is 0 Å². The molecule has 0 aliphatic heterocycles. The summed E-state index contributed by atoms with van der Waals surface area (Å²) < 4.78 is 0. The standard InChI is InChI=1S/C10H14N2OS/c1-12(2)8-5-7(11)10(14-8)9(13)6-3-4-6/h5-6H,3-4,11H2,1-2H3. The SMILES string of the molecule is CN(C)c1cc(N)c(C(=O)C2CC2)s1. The molecule has 14 heavy (non-hydrogen) atoms. The van der Waals surface area contributed by atoms with Crippen molar-refractivity contribution in [2.24, 2.45) is 5.92 Å². The van der Waals surface area contributed by atoms with E-state index in [1.165, 1.54) is 11.3 Å². The monoisotopic (exact) mass is 210 g/mol. The second kappa shape index (κ2) is 3.28. The van der Waals surface area contributed by atoms with Crippen molar-refractivity contribution in [3.63, 3.8) is 0 Å². The van der Waals surface area contributed by atoms with Crippen molar-refractivity contribution in [3.05, 3.63) is 10.9 Å². The zero-order valence-corrected chi connectivity index (χ0v) is 9.23. The number of hydrogen-bond acceptors (Lipinski definition) is 4. The van der Waals surface area contributed by atoms with Crippen LogP contribution >= 0.6 is 11.3 Å². The largest absolute Gasteiger partial charge is 0.397 e. The van der Waals surface area contributed by atoms with E-state index in [0.29, 0.717) is 5.69 Å². The molecule has 2 rings (SSSR count). The minimum Gasteiger partial charge on any atom is -0.397 e. The molecule has 1 heterocycles. The molecule has 1 aromatic heterocycles. The Kier molecular flexibility index (Phi) is 2.23. The van der Waals surface area contributed by atoms with E-state index in [2.05, 4.69) is 0 Å². The molecule has 0 radical (unpaired) electrons. The normalized spacial score (nSPS) is 15.6. The number of thiophene rings is 1. The van der Waals surface area contributed by atoms with Crippen molar-refractivity contribution < 1.29 is 4.79 Å². The van der Waals surface area contributed by atoms with Crippen LogP contribution in [-0.2, 0) is 0 Å². The average molecular weight is 210 g/mol. The number of hydrogen-bond donors (Lipinski definition) is 1. The lowest BCUT2D eigenvalue weighted by Crippen LogP contribution is -2.06. The summed E-state index contributed by atoms with van der Waals surface area (Å²) in [6.45, 7) is 0. The maximum absolute atomic E-state index is 11.8. The number of anilines is 2. The fraction of sp³-hybridized carbons (Fsp3) is 0.500. The molecule has 0 amide bonds. The highest BCUT2D eigenvalue weighted by Crippen LogP contribution is 2.39. The van der Waals surface area contributed by atoms with Gasteiger partial charge < -0.3 is 10.6 Å². The number of carbonyl (C=O) groups excluding carboxylic acids is 1. The van der Waals surface area contributed by atoms with E-state index in [0.717, 1.165) is 22.7 Å². The number of carbonyl (C=O) groups is 1. The van der Waals surface area contributed by atoms with Crippen molar-refractivity contribution in [2.45, 2.75) is 12.8 Å². The predicted octanol–water partition coefficient (Wildman–Crippen LogP) is 1.99. The Morgan fingerprint density at radius 2 is 2.21 bits per heavy atom. The summed E-state index contributed by atoms with van der Waals surface area (Å²) in [6, 6.07) is 1.88. The number of Topliss-reactive ketones (excluding diaryl/α,β-unsaturated/α-hetero) is 1. The molecule has 0 unspecified atom stereocenters. The summed E-state index contributed by atoms with van der Waals surface area (Å²) in [6.07, 6.45) is 2.07. The van der Waals surface area contributed by atoms with Crippen LogP contribution in [0.2, 0.25) is 0 Å². The summed E-state index contributed by atoms with van der Waals surface area (Å²) in [5.41, 5.74) is 6.44. The molecular weight excluding hydrogens is 196 g/mol. The molecule has 1 aliphatic rings. The number of ketones is 1. The third-order valence-electron chi connectivity index (χ3n) is 2.36. The van der Waals surface area contributed by atoms with E-state index in [-0.39, 0.29) is 11.7 Å². The summed E-state index contributed by atoms with van der Waals surface area (Å²) in [5.74, 6) is 0.492. The first kappa shape index (κ1) is 9.52. The van der Waals surface area contributed by atoms with E-state index in [1.54, 1.807) is 0 Å². The summed E-state index contributed by atoms with van der Waals surface area (Å²) >= 11 is 1.50. The van der Waals surface area contributed by atoms with E-state index in [9.17, 15) is 4.79 Å². The van der Waals surface area contributed by atoms with E-state index >= 15 is 0 Å². The van der Waals surface area contributed by atoms with Crippen molar-refractivity contribution in [2.75, 3.05) is 24.7 Å². The van der Waals surface area contributed by atoms with Crippen LogP contribution < -0.4 is 10.6 Å². The number of nitrogens with zero attached hydrogens (tertiary/aromatic N) is 1. The average Bonchev–Trinajstić information content (AvgIpc) is 2.88. The molecule has 4 heteroatoms. The third kappa shape index (κ3) is 1.62. The Bertz CT molecular complexity index is 366. The van der Waals surface area contributed by atoms with Crippen LogP contribution in [-0.4, -0.2) is 19.9 Å². The molecule has 3 nitrogen and oxygen atoms in total. The van der Waals surface area contributed by atoms with Gasteiger partial charge in [0, 0.05) is 20.0 Å². The molecule has 1 fully saturated rings. The van der Waals surface area contributed by atoms with Crippen molar-refractivity contribution in [3.8, 4) is 0 Å². The van der Waals surface area contributed by atoms with Gasteiger partial charge in [0.2, 0.25) is 0 Å². The van der Waals surface area contributed by atoms with Gasteiger partial charge in [0.1, 0.15) is 0 Å². The summed E-state index contributed by atoms with van der Waals surface area (Å²) in [5, 5.41) is 1.05. The van der Waals surface area contributed by atoms with Crippen LogP contribution in [0.1, 0.15) is 22.5 Å². The quantitative estimate of drug-likeness (QED) is 0.776. The zero-order chi connectivity index (χ0) is 10.3. The minimum atomic E-state index is 0.237. The van der Waals surface area contributed by atoms with Gasteiger partial charge in [0.05, 0.1) is 15.6 Å². The van der Waals surface area contributed by atoms with Crippen molar-refractivity contribution >= 4 is 27.8 Å². The van der Waals surface area contributed by atoms with E-state index < -0.39 is 0 Å². The minimum absolute atomic E-state index is 0.237. The van der Waals surface area contributed by atoms with E-state index in [1.807, 2.05) is 25.1 Å². The molecule has 0 spiro atoms. The molecule has 0 atom stereocenters. The van der Waals surface area contributed by atoms with Crippen LogP contribution in [0.4, 0.5) is 10.7 Å². The fourth-order valence-corrected chi connectivity index (χ4v) is 2.36. The lowest BCUT2D eigenvalue weighted by Gasteiger charge is -2.06. The van der Waals surface area contributed by atoms with Crippen LogP contribution in [0.3, 0.4) is 0 Å². The Labute approximate surface area is 87.5 Å². The van der Waals surface area contributed by atoms with Crippen LogP contribution in [0, 0.1) is 5.92 Å².